The van der Waals surface area contributed by atoms with Gasteiger partial charge in [-0.05, 0) is 6.92 Å². The molecule has 78 valence electrons. The van der Waals surface area contributed by atoms with Crippen molar-refractivity contribution in [3.63, 3.8) is 0 Å². The molecule has 0 fully saturated rings. The van der Waals surface area contributed by atoms with Gasteiger partial charge in [-0.3, -0.25) is 0 Å². The Morgan fingerprint density at radius 2 is 2.13 bits per heavy atom. The zero-order valence-corrected chi connectivity index (χ0v) is 8.76. The summed E-state index contributed by atoms with van der Waals surface area (Å²) in [5, 5.41) is 4.35. The molecule has 0 radical (unpaired) electrons. The summed E-state index contributed by atoms with van der Waals surface area (Å²) in [6, 6.07) is -0.218. The fourth-order valence-corrected chi connectivity index (χ4v) is 1.25. The average molecular weight is 225 g/mol. The maximum absolute atomic E-state index is 5.73. The van der Waals surface area contributed by atoms with Crippen LogP contribution in [0.25, 0.3) is 5.82 Å². The molecule has 0 aromatic carbocycles. The van der Waals surface area contributed by atoms with Gasteiger partial charge < -0.3 is 5.73 Å². The third kappa shape index (κ3) is 1.95. The number of hydrogen-bond acceptors (Lipinski definition) is 5. The van der Waals surface area contributed by atoms with Crippen LogP contribution >= 0.6 is 11.6 Å². The van der Waals surface area contributed by atoms with E-state index in [1.807, 2.05) is 6.92 Å². The van der Waals surface area contributed by atoms with Crippen molar-refractivity contribution < 1.29 is 0 Å². The Bertz CT molecular complexity index is 448. The normalized spacial score (nSPS) is 12.7. The van der Waals surface area contributed by atoms with E-state index in [4.69, 9.17) is 17.3 Å². The third-order valence-electron chi connectivity index (χ3n) is 1.81. The van der Waals surface area contributed by atoms with Crippen LogP contribution in [0.1, 0.15) is 18.8 Å². The van der Waals surface area contributed by atoms with E-state index in [2.05, 4.69) is 20.1 Å². The maximum atomic E-state index is 5.73. The Labute approximate surface area is 91.1 Å². The first-order valence-electron chi connectivity index (χ1n) is 4.32. The number of halogens is 1. The summed E-state index contributed by atoms with van der Waals surface area (Å²) in [5.74, 6) is 1.18. The minimum Gasteiger partial charge on any atom is -0.322 e. The molecular formula is C8H9ClN6. The predicted octanol–water partition coefficient (Wildman–Crippen LogP) is 0.730. The molecule has 0 aliphatic heterocycles. The molecule has 7 heteroatoms. The van der Waals surface area contributed by atoms with Crippen molar-refractivity contribution in [2.45, 2.75) is 13.0 Å². The third-order valence-corrected chi connectivity index (χ3v) is 2.00. The first-order valence-corrected chi connectivity index (χ1v) is 4.69. The van der Waals surface area contributed by atoms with Crippen LogP contribution in [0.15, 0.2) is 18.7 Å². The lowest BCUT2D eigenvalue weighted by Gasteiger charge is -2.06. The van der Waals surface area contributed by atoms with Crippen LogP contribution in [0.2, 0.25) is 5.15 Å². The SMILES string of the molecule is C[C@H](N)c1ncnn1-c1cnc(Cl)cn1. The van der Waals surface area contributed by atoms with Crippen LogP contribution in [-0.4, -0.2) is 24.7 Å². The van der Waals surface area contributed by atoms with E-state index in [1.54, 1.807) is 0 Å². The molecule has 0 spiro atoms. The van der Waals surface area contributed by atoms with Gasteiger partial charge in [0.1, 0.15) is 11.5 Å². The fourth-order valence-electron chi connectivity index (χ4n) is 1.15. The van der Waals surface area contributed by atoms with E-state index < -0.39 is 0 Å². The first kappa shape index (κ1) is 10.0. The Hall–Kier alpha value is -1.53. The van der Waals surface area contributed by atoms with Crippen LogP contribution in [0.3, 0.4) is 0 Å². The van der Waals surface area contributed by atoms with E-state index in [0.29, 0.717) is 16.8 Å². The standard InChI is InChI=1S/C8H9ClN6/c1-5(10)8-13-4-14-15(8)7-3-11-6(9)2-12-7/h2-5H,10H2,1H3/t5-/m0/s1. The van der Waals surface area contributed by atoms with Crippen molar-refractivity contribution >= 4 is 11.6 Å². The van der Waals surface area contributed by atoms with Crippen molar-refractivity contribution in [3.8, 4) is 5.82 Å². The molecule has 0 aliphatic rings. The van der Waals surface area contributed by atoms with Gasteiger partial charge in [-0.15, -0.1) is 0 Å². The van der Waals surface area contributed by atoms with Crippen LogP contribution in [-0.2, 0) is 0 Å². The van der Waals surface area contributed by atoms with Crippen LogP contribution in [0.4, 0.5) is 0 Å². The summed E-state index contributed by atoms with van der Waals surface area (Å²) >= 11 is 5.63. The lowest BCUT2D eigenvalue weighted by molar-refractivity contribution is 0.679. The lowest BCUT2D eigenvalue weighted by Crippen LogP contribution is -2.14. The van der Waals surface area contributed by atoms with E-state index in [0.717, 1.165) is 0 Å². The number of aromatic nitrogens is 5. The van der Waals surface area contributed by atoms with E-state index in [-0.39, 0.29) is 6.04 Å². The second-order valence-corrected chi connectivity index (χ2v) is 3.40. The summed E-state index contributed by atoms with van der Waals surface area (Å²) in [6.45, 7) is 1.82. The summed E-state index contributed by atoms with van der Waals surface area (Å²) < 4.78 is 1.54. The number of hydrogen-bond donors (Lipinski definition) is 1. The molecule has 15 heavy (non-hydrogen) atoms. The van der Waals surface area contributed by atoms with Crippen molar-refractivity contribution in [2.24, 2.45) is 5.73 Å². The van der Waals surface area contributed by atoms with Gasteiger partial charge in [-0.2, -0.15) is 9.78 Å². The fraction of sp³-hybridized carbons (Fsp3) is 0.250. The average Bonchev–Trinajstić information content (AvgIpc) is 2.67. The summed E-state index contributed by atoms with van der Waals surface area (Å²) in [4.78, 5) is 12.0. The van der Waals surface area contributed by atoms with Gasteiger partial charge >= 0.3 is 0 Å². The van der Waals surface area contributed by atoms with Gasteiger partial charge in [0.15, 0.2) is 11.6 Å². The van der Waals surface area contributed by atoms with E-state index in [9.17, 15) is 0 Å². The van der Waals surface area contributed by atoms with Crippen molar-refractivity contribution in [3.05, 3.63) is 29.7 Å². The highest BCUT2D eigenvalue weighted by atomic mass is 35.5. The molecule has 0 bridgehead atoms. The Kier molecular flexibility index (Phi) is 2.61. The second-order valence-electron chi connectivity index (χ2n) is 3.02. The highest BCUT2D eigenvalue weighted by Crippen LogP contribution is 2.10. The van der Waals surface area contributed by atoms with Crippen molar-refractivity contribution in [1.29, 1.82) is 0 Å². The first-order chi connectivity index (χ1) is 7.18. The number of nitrogens with two attached hydrogens (primary N) is 1. The van der Waals surface area contributed by atoms with Crippen LogP contribution in [0.5, 0.6) is 0 Å². The molecule has 6 nitrogen and oxygen atoms in total. The molecule has 2 aromatic heterocycles. The predicted molar refractivity (Wildman–Crippen MR) is 54.6 cm³/mol. The zero-order chi connectivity index (χ0) is 10.8. The Balaban J connectivity index is 2.45. The molecule has 0 saturated heterocycles. The second kappa shape index (κ2) is 3.92. The Morgan fingerprint density at radius 3 is 2.73 bits per heavy atom. The van der Waals surface area contributed by atoms with E-state index >= 15 is 0 Å². The molecule has 0 unspecified atom stereocenters. The summed E-state index contributed by atoms with van der Waals surface area (Å²) in [7, 11) is 0. The Morgan fingerprint density at radius 1 is 1.33 bits per heavy atom. The highest BCUT2D eigenvalue weighted by molar-refractivity contribution is 6.29. The van der Waals surface area contributed by atoms with Gasteiger partial charge in [0.25, 0.3) is 0 Å². The monoisotopic (exact) mass is 224 g/mol. The lowest BCUT2D eigenvalue weighted by atomic mass is 10.3. The quantitative estimate of drug-likeness (QED) is 0.813. The van der Waals surface area contributed by atoms with Gasteiger partial charge in [0.2, 0.25) is 0 Å². The molecule has 0 aliphatic carbocycles. The molecule has 0 saturated carbocycles. The molecule has 1 atom stereocenters. The smallest absolute Gasteiger partial charge is 0.174 e. The van der Waals surface area contributed by atoms with Crippen LogP contribution in [0, 0.1) is 0 Å². The molecule has 2 heterocycles. The molecule has 0 amide bonds. The highest BCUT2D eigenvalue weighted by Gasteiger charge is 2.11. The molecule has 2 aromatic rings. The molecule has 2 rings (SSSR count). The maximum Gasteiger partial charge on any atom is 0.174 e. The van der Waals surface area contributed by atoms with Crippen LogP contribution < -0.4 is 5.73 Å². The zero-order valence-electron chi connectivity index (χ0n) is 8.00. The minimum atomic E-state index is -0.218. The summed E-state index contributed by atoms with van der Waals surface area (Å²) in [6.07, 6.45) is 4.39. The topological polar surface area (TPSA) is 82.5 Å². The molecular weight excluding hydrogens is 216 g/mol. The number of rotatable bonds is 2. The van der Waals surface area contributed by atoms with E-state index in [1.165, 1.54) is 23.4 Å². The van der Waals surface area contributed by atoms with Crippen molar-refractivity contribution in [1.82, 2.24) is 24.7 Å². The minimum absolute atomic E-state index is 0.218. The summed E-state index contributed by atoms with van der Waals surface area (Å²) in [5.41, 5.74) is 5.73. The van der Waals surface area contributed by atoms with Gasteiger partial charge in [-0.1, -0.05) is 11.6 Å². The van der Waals surface area contributed by atoms with Gasteiger partial charge in [-0.25, -0.2) is 15.0 Å². The van der Waals surface area contributed by atoms with Gasteiger partial charge in [0.05, 0.1) is 18.4 Å². The largest absolute Gasteiger partial charge is 0.322 e. The van der Waals surface area contributed by atoms with Crippen molar-refractivity contribution in [2.75, 3.05) is 0 Å². The van der Waals surface area contributed by atoms with Gasteiger partial charge in [0, 0.05) is 0 Å². The molecule has 2 N–H and O–H groups in total. The number of nitrogens with zero attached hydrogens (tertiary/aromatic N) is 5.